The van der Waals surface area contributed by atoms with Gasteiger partial charge in [0.25, 0.3) is 0 Å². The summed E-state index contributed by atoms with van der Waals surface area (Å²) in [7, 11) is 9.71. The van der Waals surface area contributed by atoms with Crippen LogP contribution in [0.4, 0.5) is 11.4 Å². The van der Waals surface area contributed by atoms with Gasteiger partial charge in [-0.2, -0.15) is 0 Å². The van der Waals surface area contributed by atoms with Gasteiger partial charge in [-0.3, -0.25) is 0 Å². The van der Waals surface area contributed by atoms with Gasteiger partial charge in [0.05, 0.1) is 54.4 Å². The molecule has 2 aliphatic heterocycles. The Bertz CT molecular complexity index is 1490. The number of hydrogen-bond donors (Lipinski definition) is 0. The summed E-state index contributed by atoms with van der Waals surface area (Å²) >= 11 is 0. The molecule has 0 spiro atoms. The lowest BCUT2D eigenvalue weighted by Crippen LogP contribution is -2.57. The van der Waals surface area contributed by atoms with E-state index in [1.54, 1.807) is 22.3 Å². The van der Waals surface area contributed by atoms with E-state index < -0.39 is 0 Å². The van der Waals surface area contributed by atoms with E-state index in [0.29, 0.717) is 12.1 Å². The third kappa shape index (κ3) is 9.12. The van der Waals surface area contributed by atoms with Crippen molar-refractivity contribution >= 4 is 11.4 Å². The summed E-state index contributed by atoms with van der Waals surface area (Å²) in [5.41, 5.74) is 8.98. The molecular formula is C48H68N4. The van der Waals surface area contributed by atoms with Crippen LogP contribution in [-0.2, 0) is 25.7 Å². The summed E-state index contributed by atoms with van der Waals surface area (Å²) in [6.45, 7) is 4.99. The van der Waals surface area contributed by atoms with Crippen molar-refractivity contribution in [3.8, 4) is 0 Å². The van der Waals surface area contributed by atoms with Gasteiger partial charge >= 0.3 is 0 Å². The minimum absolute atomic E-state index is 0. The first-order valence-corrected chi connectivity index (χ1v) is 19.7. The highest BCUT2D eigenvalue weighted by Gasteiger charge is 2.37. The number of likely N-dealkylation sites (N-methyl/N-ethyl adjacent to an activating group) is 2. The molecule has 0 unspecified atom stereocenters. The van der Waals surface area contributed by atoms with Crippen molar-refractivity contribution in [1.29, 1.82) is 0 Å². The summed E-state index contributed by atoms with van der Waals surface area (Å²) in [6.07, 6.45) is 13.0. The molecule has 2 saturated heterocycles. The molecule has 0 amide bonds. The number of para-hydroxylation sites is 2. The zero-order valence-corrected chi connectivity index (χ0v) is 33.4. The summed E-state index contributed by atoms with van der Waals surface area (Å²) in [5, 5.41) is 0. The van der Waals surface area contributed by atoms with Crippen LogP contribution in [0.15, 0.2) is 109 Å². The van der Waals surface area contributed by atoms with Crippen LogP contribution in [0.25, 0.3) is 0 Å². The Hall–Kier alpha value is -3.60. The zero-order valence-electron chi connectivity index (χ0n) is 33.4. The Kier molecular flexibility index (Phi) is 13.3. The maximum absolute atomic E-state index is 2.72. The molecule has 4 nitrogen and oxygen atoms in total. The molecule has 8 rings (SSSR count). The first-order valence-electron chi connectivity index (χ1n) is 19.7. The lowest BCUT2D eigenvalue weighted by molar-refractivity contribution is -0.918. The Balaban J connectivity index is 0.000000194. The van der Waals surface area contributed by atoms with Crippen LogP contribution in [0, 0.1) is 14.9 Å². The number of piperidine rings is 2. The van der Waals surface area contributed by atoms with Crippen molar-refractivity contribution in [2.75, 3.05) is 64.2 Å². The van der Waals surface area contributed by atoms with Crippen molar-refractivity contribution in [2.24, 2.45) is 0 Å². The Morgan fingerprint density at radius 2 is 0.750 bits per heavy atom. The van der Waals surface area contributed by atoms with Crippen LogP contribution in [-0.4, -0.2) is 87.5 Å². The second-order valence-electron chi connectivity index (χ2n) is 16.9. The molecule has 0 saturated carbocycles. The predicted octanol–water partition coefficient (Wildman–Crippen LogP) is 9.48. The van der Waals surface area contributed by atoms with E-state index in [4.69, 9.17) is 0 Å². The molecule has 52 heavy (non-hydrogen) atoms. The molecule has 4 aliphatic rings. The average Bonchev–Trinajstić information content (AvgIpc) is 3.76. The molecule has 2 heterocycles. The highest BCUT2D eigenvalue weighted by atomic mass is 15.4. The van der Waals surface area contributed by atoms with Crippen LogP contribution >= 0.6 is 0 Å². The maximum Gasteiger partial charge on any atom is 0.106 e. The lowest BCUT2D eigenvalue weighted by Gasteiger charge is -2.45. The number of nitrogens with zero attached hydrogens (tertiary/aromatic N) is 4. The first kappa shape index (κ1) is 39.6. The van der Waals surface area contributed by atoms with Crippen molar-refractivity contribution in [2.45, 2.75) is 88.4 Å². The molecule has 4 heteroatoms. The molecule has 0 aromatic heterocycles. The maximum atomic E-state index is 2.72. The fourth-order valence-corrected chi connectivity index (χ4v) is 9.62. The van der Waals surface area contributed by atoms with Gasteiger partial charge < -0.3 is 33.6 Å². The van der Waals surface area contributed by atoms with Crippen molar-refractivity contribution in [1.82, 2.24) is 0 Å². The van der Waals surface area contributed by atoms with E-state index in [2.05, 4.69) is 147 Å². The smallest absolute Gasteiger partial charge is 0.106 e. The molecule has 4 aromatic carbocycles. The van der Waals surface area contributed by atoms with Crippen LogP contribution in [0.2, 0.25) is 0 Å². The largest absolute Gasteiger partial charge is 0.362 e. The van der Waals surface area contributed by atoms with Crippen molar-refractivity contribution < 1.29 is 8.97 Å². The van der Waals surface area contributed by atoms with E-state index in [1.807, 2.05) is 0 Å². The number of quaternary nitrogens is 2. The summed E-state index contributed by atoms with van der Waals surface area (Å²) in [4.78, 5) is 5.44. The molecule has 2 atom stereocenters. The van der Waals surface area contributed by atoms with E-state index in [1.165, 1.54) is 111 Å². The third-order valence-corrected chi connectivity index (χ3v) is 13.0. The number of rotatable bonds is 8. The van der Waals surface area contributed by atoms with Crippen molar-refractivity contribution in [3.05, 3.63) is 146 Å². The third-order valence-electron chi connectivity index (χ3n) is 13.0. The molecule has 2 aliphatic carbocycles. The monoisotopic (exact) mass is 701 g/mol. The predicted molar refractivity (Wildman–Crippen MR) is 225 cm³/mol. The van der Waals surface area contributed by atoms with Crippen LogP contribution in [0.3, 0.4) is 0 Å². The number of fused-ring (bicyclic) bond motifs is 2. The summed E-state index contributed by atoms with van der Waals surface area (Å²) in [5.74, 6) is 0. The van der Waals surface area contributed by atoms with Gasteiger partial charge in [-0.05, 0) is 97.9 Å². The molecule has 280 valence electrons. The first-order chi connectivity index (χ1) is 24.3. The molecule has 0 radical (unpaired) electrons. The van der Waals surface area contributed by atoms with Gasteiger partial charge in [-0.15, -0.1) is 0 Å². The van der Waals surface area contributed by atoms with E-state index in [0.717, 1.165) is 12.1 Å². The van der Waals surface area contributed by atoms with Gasteiger partial charge in [0.2, 0.25) is 0 Å². The average molecular weight is 701 g/mol. The van der Waals surface area contributed by atoms with Crippen LogP contribution in [0.5, 0.6) is 0 Å². The van der Waals surface area contributed by atoms with Gasteiger partial charge in [-0.1, -0.05) is 84.9 Å². The Labute approximate surface area is 318 Å². The van der Waals surface area contributed by atoms with Gasteiger partial charge in [0, 0.05) is 36.3 Å². The lowest BCUT2D eigenvalue weighted by atomic mass is 9.98. The van der Waals surface area contributed by atoms with Gasteiger partial charge in [0.15, 0.2) is 0 Å². The topological polar surface area (TPSA) is 6.48 Å². The number of anilines is 2. The molecule has 0 bridgehead atoms. The fraction of sp³-hybridized carbons (Fsp3) is 0.458. The Morgan fingerprint density at radius 3 is 1.06 bits per heavy atom. The normalized spacial score (nSPS) is 21.7. The fourth-order valence-electron chi connectivity index (χ4n) is 9.62. The second-order valence-corrected chi connectivity index (χ2v) is 16.9. The minimum atomic E-state index is 0. The second kappa shape index (κ2) is 17.5. The summed E-state index contributed by atoms with van der Waals surface area (Å²) < 4.78 is 2.34. The van der Waals surface area contributed by atoms with Crippen LogP contribution < -0.4 is 9.80 Å². The van der Waals surface area contributed by atoms with Gasteiger partial charge in [-0.25, -0.2) is 0 Å². The van der Waals surface area contributed by atoms with Gasteiger partial charge in [0.1, 0.15) is 12.1 Å². The molecule has 2 fully saturated rings. The standard InChI is InChI=1S/2C23H31N2.2CH3/c2*1-25(2)15-9-8-14-23(25)18-24(21-12-4-3-5-13-21)22-16-19-10-6-7-11-20(19)17-22;;/h2*3-7,10-13,22-23H,8-9,14-18H2,1-2H3;2*1H3/q2*+1;2*-1/t2*23-;;/m10../s1. The Morgan fingerprint density at radius 1 is 0.442 bits per heavy atom. The molecular weight excluding hydrogens is 633 g/mol. The van der Waals surface area contributed by atoms with Crippen molar-refractivity contribution in [3.63, 3.8) is 0 Å². The van der Waals surface area contributed by atoms with E-state index >= 15 is 0 Å². The SMILES string of the molecule is C[N+]1(C)CCCC[C@@H]1CN(c1ccccc1)C1Cc2ccccc2C1.C[N+]1(C)CCCC[C@H]1CN(c1ccccc1)C1Cc2ccccc2C1.[CH3-].[CH3-]. The minimum Gasteiger partial charge on any atom is -0.362 e. The number of benzene rings is 4. The number of hydrogen-bond acceptors (Lipinski definition) is 2. The number of likely N-dealkylation sites (tertiary alicyclic amines) is 2. The zero-order chi connectivity index (χ0) is 34.6. The quantitative estimate of drug-likeness (QED) is 0.134. The highest BCUT2D eigenvalue weighted by molar-refractivity contribution is 5.51. The highest BCUT2D eigenvalue weighted by Crippen LogP contribution is 2.33. The molecule has 0 N–H and O–H groups in total. The van der Waals surface area contributed by atoms with Crippen LogP contribution in [0.1, 0.15) is 60.8 Å². The van der Waals surface area contributed by atoms with E-state index in [9.17, 15) is 0 Å². The summed E-state index contributed by atoms with van der Waals surface area (Å²) in [6, 6.07) is 42.9. The van der Waals surface area contributed by atoms with E-state index in [-0.39, 0.29) is 14.9 Å². The molecule has 4 aromatic rings.